The van der Waals surface area contributed by atoms with E-state index in [1.54, 1.807) is 0 Å². The number of anilines is 1. The summed E-state index contributed by atoms with van der Waals surface area (Å²) in [6.45, 7) is -0.688. The average molecular weight is 370 g/mol. The molecule has 0 saturated heterocycles. The lowest BCUT2D eigenvalue weighted by atomic mass is 10.1. The highest BCUT2D eigenvalue weighted by molar-refractivity contribution is 6.23. The van der Waals surface area contributed by atoms with Crippen LogP contribution in [0.25, 0.3) is 0 Å². The molecular formula is C16H10N4O7. The van der Waals surface area contributed by atoms with Crippen molar-refractivity contribution in [1.82, 2.24) is 4.90 Å². The molecule has 3 amide bonds. The van der Waals surface area contributed by atoms with Gasteiger partial charge in [0.15, 0.2) is 0 Å². The lowest BCUT2D eigenvalue weighted by molar-refractivity contribution is -0.384. The van der Waals surface area contributed by atoms with Gasteiger partial charge in [0.25, 0.3) is 23.2 Å². The van der Waals surface area contributed by atoms with Crippen LogP contribution in [0.15, 0.2) is 42.5 Å². The number of nitro benzene ring substituents is 2. The number of hydrogen-bond donors (Lipinski definition) is 1. The molecular weight excluding hydrogens is 360 g/mol. The molecule has 1 aliphatic rings. The summed E-state index contributed by atoms with van der Waals surface area (Å²) >= 11 is 0. The van der Waals surface area contributed by atoms with E-state index in [9.17, 15) is 34.6 Å². The zero-order chi connectivity index (χ0) is 19.7. The highest BCUT2D eigenvalue weighted by Crippen LogP contribution is 2.27. The first-order valence-electron chi connectivity index (χ1n) is 7.47. The van der Waals surface area contributed by atoms with Crippen LogP contribution in [0.2, 0.25) is 0 Å². The van der Waals surface area contributed by atoms with Crippen LogP contribution >= 0.6 is 0 Å². The normalized spacial score (nSPS) is 12.7. The van der Waals surface area contributed by atoms with Gasteiger partial charge >= 0.3 is 0 Å². The topological polar surface area (TPSA) is 153 Å². The summed E-state index contributed by atoms with van der Waals surface area (Å²) in [5, 5.41) is 24.1. The number of amides is 3. The molecule has 0 fully saturated rings. The third-order valence-corrected chi connectivity index (χ3v) is 3.84. The Kier molecular flexibility index (Phi) is 4.34. The Morgan fingerprint density at radius 1 is 0.963 bits per heavy atom. The van der Waals surface area contributed by atoms with Crippen LogP contribution in [-0.2, 0) is 4.79 Å². The van der Waals surface area contributed by atoms with Gasteiger partial charge in [0, 0.05) is 18.2 Å². The molecule has 0 aliphatic carbocycles. The highest BCUT2D eigenvalue weighted by atomic mass is 16.6. The van der Waals surface area contributed by atoms with E-state index in [1.807, 2.05) is 0 Å². The zero-order valence-corrected chi connectivity index (χ0v) is 13.4. The molecule has 136 valence electrons. The summed E-state index contributed by atoms with van der Waals surface area (Å²) < 4.78 is 0. The van der Waals surface area contributed by atoms with E-state index in [0.717, 1.165) is 18.2 Å². The largest absolute Gasteiger partial charge is 0.319 e. The lowest BCUT2D eigenvalue weighted by Crippen LogP contribution is -2.37. The van der Waals surface area contributed by atoms with Gasteiger partial charge in [-0.2, -0.15) is 0 Å². The number of non-ortho nitro benzene ring substituents is 1. The van der Waals surface area contributed by atoms with Crippen molar-refractivity contribution in [2.75, 3.05) is 11.9 Å². The molecule has 0 bridgehead atoms. The summed E-state index contributed by atoms with van der Waals surface area (Å²) in [5.74, 6) is -2.45. The number of carbonyl (C=O) groups excluding carboxylic acids is 3. The number of para-hydroxylation sites is 2. The standard InChI is InChI=1S/C16H10N4O7/c21-14(17-12-3-1-2-4-13(12)20(26)27)8-18-15(22)10-6-5-9(19(24)25)7-11(10)16(18)23/h1-7H,8H2,(H,17,21). The average Bonchev–Trinajstić information content (AvgIpc) is 2.86. The van der Waals surface area contributed by atoms with Crippen LogP contribution in [0.3, 0.4) is 0 Å². The second-order valence-corrected chi connectivity index (χ2v) is 5.51. The number of nitrogens with one attached hydrogen (secondary N) is 1. The summed E-state index contributed by atoms with van der Waals surface area (Å²) in [6.07, 6.45) is 0. The van der Waals surface area contributed by atoms with Gasteiger partial charge in [-0.05, 0) is 12.1 Å². The minimum atomic E-state index is -0.851. The first kappa shape index (κ1) is 17.7. The van der Waals surface area contributed by atoms with Crippen LogP contribution < -0.4 is 5.32 Å². The van der Waals surface area contributed by atoms with Gasteiger partial charge in [0.2, 0.25) is 5.91 Å². The van der Waals surface area contributed by atoms with E-state index in [4.69, 9.17) is 0 Å². The second-order valence-electron chi connectivity index (χ2n) is 5.51. The molecule has 0 aromatic heterocycles. The first-order valence-corrected chi connectivity index (χ1v) is 7.47. The SMILES string of the molecule is O=C(CN1C(=O)c2ccc([N+](=O)[O-])cc2C1=O)Nc1ccccc1[N+](=O)[O-]. The number of hydrogen-bond acceptors (Lipinski definition) is 7. The van der Waals surface area contributed by atoms with Crippen molar-refractivity contribution >= 4 is 34.8 Å². The maximum absolute atomic E-state index is 12.3. The Bertz CT molecular complexity index is 1020. The summed E-state index contributed by atoms with van der Waals surface area (Å²) in [7, 11) is 0. The molecule has 2 aromatic carbocycles. The van der Waals surface area contributed by atoms with Crippen LogP contribution in [0.5, 0.6) is 0 Å². The number of nitrogens with zero attached hydrogens (tertiary/aromatic N) is 3. The van der Waals surface area contributed by atoms with Crippen molar-refractivity contribution in [2.24, 2.45) is 0 Å². The number of nitro groups is 2. The molecule has 3 rings (SSSR count). The summed E-state index contributed by atoms with van der Waals surface area (Å²) in [6, 6.07) is 8.59. The van der Waals surface area contributed by atoms with E-state index in [0.29, 0.717) is 4.90 Å². The number of imide groups is 1. The van der Waals surface area contributed by atoms with Gasteiger partial charge in [0.05, 0.1) is 21.0 Å². The quantitative estimate of drug-likeness (QED) is 0.478. The van der Waals surface area contributed by atoms with Crippen LogP contribution in [-0.4, -0.2) is 39.0 Å². The van der Waals surface area contributed by atoms with Crippen LogP contribution in [0, 0.1) is 20.2 Å². The Labute approximate surface area is 150 Å². The first-order chi connectivity index (χ1) is 12.8. The molecule has 1 heterocycles. The van der Waals surface area contributed by atoms with E-state index in [-0.39, 0.29) is 28.2 Å². The summed E-state index contributed by atoms with van der Waals surface area (Å²) in [4.78, 5) is 57.8. The van der Waals surface area contributed by atoms with E-state index >= 15 is 0 Å². The molecule has 11 heteroatoms. The maximum atomic E-state index is 12.3. The molecule has 1 aliphatic heterocycles. The van der Waals surface area contributed by atoms with E-state index in [2.05, 4.69) is 5.32 Å². The van der Waals surface area contributed by atoms with E-state index in [1.165, 1.54) is 24.3 Å². The maximum Gasteiger partial charge on any atom is 0.292 e. The molecule has 0 unspecified atom stereocenters. The van der Waals surface area contributed by atoms with Crippen molar-refractivity contribution in [3.05, 3.63) is 73.8 Å². The van der Waals surface area contributed by atoms with Gasteiger partial charge in [-0.15, -0.1) is 0 Å². The van der Waals surface area contributed by atoms with Gasteiger partial charge < -0.3 is 5.32 Å². The third-order valence-electron chi connectivity index (χ3n) is 3.84. The fourth-order valence-corrected chi connectivity index (χ4v) is 2.61. The van der Waals surface area contributed by atoms with Crippen LogP contribution in [0.1, 0.15) is 20.7 Å². The second kappa shape index (κ2) is 6.63. The van der Waals surface area contributed by atoms with Gasteiger partial charge in [-0.3, -0.25) is 39.5 Å². The Morgan fingerprint density at radius 2 is 1.63 bits per heavy atom. The number of fused-ring (bicyclic) bond motifs is 1. The minimum absolute atomic E-state index is 0.0518. The predicted octanol–water partition coefficient (Wildman–Crippen LogP) is 1.74. The fourth-order valence-electron chi connectivity index (χ4n) is 2.61. The van der Waals surface area contributed by atoms with Crippen molar-refractivity contribution in [1.29, 1.82) is 0 Å². The van der Waals surface area contributed by atoms with Gasteiger partial charge in [-0.25, -0.2) is 0 Å². The number of carbonyl (C=O) groups is 3. The van der Waals surface area contributed by atoms with Crippen molar-refractivity contribution in [3.63, 3.8) is 0 Å². The molecule has 0 saturated carbocycles. The molecule has 0 radical (unpaired) electrons. The minimum Gasteiger partial charge on any atom is -0.319 e. The molecule has 0 atom stereocenters. The molecule has 11 nitrogen and oxygen atoms in total. The molecule has 0 spiro atoms. The van der Waals surface area contributed by atoms with E-state index < -0.39 is 34.1 Å². The Morgan fingerprint density at radius 3 is 2.30 bits per heavy atom. The smallest absolute Gasteiger partial charge is 0.292 e. The lowest BCUT2D eigenvalue weighted by Gasteiger charge is -2.13. The number of benzene rings is 2. The zero-order valence-electron chi connectivity index (χ0n) is 13.4. The number of rotatable bonds is 5. The molecule has 27 heavy (non-hydrogen) atoms. The van der Waals surface area contributed by atoms with Crippen molar-refractivity contribution < 1.29 is 24.2 Å². The fraction of sp³-hybridized carbons (Fsp3) is 0.0625. The Hall–Kier alpha value is -4.15. The monoisotopic (exact) mass is 370 g/mol. The highest BCUT2D eigenvalue weighted by Gasteiger charge is 2.38. The Balaban J connectivity index is 1.79. The van der Waals surface area contributed by atoms with Crippen molar-refractivity contribution in [2.45, 2.75) is 0 Å². The van der Waals surface area contributed by atoms with Crippen molar-refractivity contribution in [3.8, 4) is 0 Å². The van der Waals surface area contributed by atoms with Gasteiger partial charge in [0.1, 0.15) is 12.2 Å². The molecule has 1 N–H and O–H groups in total. The third kappa shape index (κ3) is 3.20. The predicted molar refractivity (Wildman–Crippen MR) is 90.2 cm³/mol. The van der Waals surface area contributed by atoms with Crippen LogP contribution in [0.4, 0.5) is 17.1 Å². The molecule has 2 aromatic rings. The van der Waals surface area contributed by atoms with Gasteiger partial charge in [-0.1, -0.05) is 12.1 Å². The summed E-state index contributed by atoms with van der Waals surface area (Å²) in [5.41, 5.74) is -1.01.